The fourth-order valence-corrected chi connectivity index (χ4v) is 5.97. The molecular formula is C31H44N2O4S. The van der Waals surface area contributed by atoms with Crippen molar-refractivity contribution in [1.82, 2.24) is 4.90 Å². The number of aromatic hydroxyl groups is 1. The molecule has 0 amide bonds. The molecular weight excluding hydrogens is 496 g/mol. The smallest absolute Gasteiger partial charge is 0.251 e. The van der Waals surface area contributed by atoms with Crippen LogP contribution in [0, 0.1) is 11.8 Å². The van der Waals surface area contributed by atoms with Gasteiger partial charge in [0.2, 0.25) is 0 Å². The van der Waals surface area contributed by atoms with Crippen LogP contribution in [0.5, 0.6) is 5.75 Å². The summed E-state index contributed by atoms with van der Waals surface area (Å²) in [6.07, 6.45) is 3.67. The van der Waals surface area contributed by atoms with E-state index in [1.165, 1.54) is 0 Å². The first-order valence-electron chi connectivity index (χ1n) is 13.5. The summed E-state index contributed by atoms with van der Waals surface area (Å²) in [6.45, 7) is 14.9. The Morgan fingerprint density at radius 2 is 1.58 bits per heavy atom. The molecule has 6 nitrogen and oxygen atoms in total. The van der Waals surface area contributed by atoms with Gasteiger partial charge in [-0.3, -0.25) is 4.79 Å². The highest BCUT2D eigenvalue weighted by atomic mass is 32.2. The molecule has 1 fully saturated rings. The Kier molecular flexibility index (Phi) is 8.81. The van der Waals surface area contributed by atoms with Gasteiger partial charge in [0.25, 0.3) is 10.0 Å². The number of benzene rings is 2. The van der Waals surface area contributed by atoms with Crippen LogP contribution < -0.4 is 0 Å². The summed E-state index contributed by atoms with van der Waals surface area (Å²) in [4.78, 5) is 15.7. The van der Waals surface area contributed by atoms with Crippen molar-refractivity contribution in [1.29, 1.82) is 0 Å². The van der Waals surface area contributed by atoms with Crippen LogP contribution in [0.3, 0.4) is 0 Å². The first kappa shape index (κ1) is 29.9. The third-order valence-corrected chi connectivity index (χ3v) is 7.80. The van der Waals surface area contributed by atoms with Gasteiger partial charge in [-0.2, -0.15) is 4.40 Å². The zero-order chi connectivity index (χ0) is 28.5. The Balaban J connectivity index is 2.04. The Morgan fingerprint density at radius 3 is 2.05 bits per heavy atom. The number of carbonyl (C=O) groups is 1. The van der Waals surface area contributed by atoms with Crippen molar-refractivity contribution in [3.05, 3.63) is 64.7 Å². The monoisotopic (exact) mass is 540 g/mol. The maximum absolute atomic E-state index is 13.8. The molecule has 0 aromatic heterocycles. The van der Waals surface area contributed by atoms with Crippen LogP contribution in [0.4, 0.5) is 0 Å². The molecule has 3 rings (SSSR count). The highest BCUT2D eigenvalue weighted by Gasteiger charge is 2.40. The van der Waals surface area contributed by atoms with E-state index in [1.54, 1.807) is 12.1 Å². The lowest BCUT2D eigenvalue weighted by atomic mass is 9.78. The lowest BCUT2D eigenvalue weighted by molar-refractivity contribution is 0.0963. The van der Waals surface area contributed by atoms with Crippen LogP contribution in [0.15, 0.2) is 46.9 Å². The summed E-state index contributed by atoms with van der Waals surface area (Å²) in [5, 5.41) is 11.1. The summed E-state index contributed by atoms with van der Waals surface area (Å²) >= 11 is 0. The molecule has 2 aromatic rings. The number of amidine groups is 1. The van der Waals surface area contributed by atoms with Crippen LogP contribution >= 0.6 is 0 Å². The van der Waals surface area contributed by atoms with Crippen molar-refractivity contribution < 1.29 is 18.3 Å². The van der Waals surface area contributed by atoms with E-state index in [-0.39, 0.29) is 40.7 Å². The lowest BCUT2D eigenvalue weighted by Crippen LogP contribution is -2.34. The number of hydrogen-bond acceptors (Lipinski definition) is 4. The molecule has 1 heterocycles. The molecule has 1 N–H and O–H groups in total. The van der Waals surface area contributed by atoms with E-state index in [0.717, 1.165) is 35.8 Å². The van der Waals surface area contributed by atoms with E-state index in [2.05, 4.69) is 11.3 Å². The van der Waals surface area contributed by atoms with Gasteiger partial charge in [0, 0.05) is 29.2 Å². The zero-order valence-corrected chi connectivity index (χ0v) is 25.0. The van der Waals surface area contributed by atoms with Crippen molar-refractivity contribution in [2.24, 2.45) is 16.2 Å². The molecule has 1 aliphatic heterocycles. The average Bonchev–Trinajstić information content (AvgIpc) is 3.07. The van der Waals surface area contributed by atoms with Gasteiger partial charge in [-0.05, 0) is 47.3 Å². The van der Waals surface area contributed by atoms with E-state index >= 15 is 0 Å². The topological polar surface area (TPSA) is 87.0 Å². The summed E-state index contributed by atoms with van der Waals surface area (Å²) in [7, 11) is -3.66. The maximum atomic E-state index is 13.8. The van der Waals surface area contributed by atoms with E-state index in [1.807, 2.05) is 76.8 Å². The minimum Gasteiger partial charge on any atom is -0.507 e. The third-order valence-electron chi connectivity index (χ3n) is 7.28. The molecule has 2 aromatic carbocycles. The Labute approximate surface area is 229 Å². The van der Waals surface area contributed by atoms with Crippen molar-refractivity contribution in [2.45, 2.75) is 78.6 Å². The SMILES string of the molecule is CCC[C@H]1CN(CC(=O)c2cc(C(C)(C)C)c(O)c(C(C)(C)C)c2)/C(=N\S(C)(=O)=O)[C@@H]1Cc1ccccc1. The zero-order valence-electron chi connectivity index (χ0n) is 24.2. The highest BCUT2D eigenvalue weighted by molar-refractivity contribution is 7.89. The molecule has 0 bridgehead atoms. The number of Topliss-reactive ketones (excluding diaryl/α,β-unsaturated/α-hetero) is 1. The number of nitrogens with zero attached hydrogens (tertiary/aromatic N) is 2. The predicted molar refractivity (Wildman–Crippen MR) is 156 cm³/mol. The first-order chi connectivity index (χ1) is 17.5. The summed E-state index contributed by atoms with van der Waals surface area (Å²) in [5.74, 6) is 0.707. The standard InChI is InChI=1S/C31H44N2O4S/c1-9-13-22-19-33(29(32-38(8,36)37)24(22)16-21-14-11-10-12-15-21)20-27(34)23-17-25(30(2,3)4)28(35)26(18-23)31(5,6)7/h10-12,14-15,17-18,22,24,35H,9,13,16,19-20H2,1-8H3/b32-29-/t22-,24+/m0/s1. The number of ketones is 1. The van der Waals surface area contributed by atoms with Crippen LogP contribution in [0.1, 0.15) is 88.4 Å². The van der Waals surface area contributed by atoms with Crippen molar-refractivity contribution in [3.8, 4) is 5.75 Å². The average molecular weight is 541 g/mol. The molecule has 7 heteroatoms. The summed E-state index contributed by atoms with van der Waals surface area (Å²) in [6, 6.07) is 13.6. The predicted octanol–water partition coefficient (Wildman–Crippen LogP) is 6.12. The van der Waals surface area contributed by atoms with Gasteiger partial charge < -0.3 is 10.0 Å². The minimum atomic E-state index is -3.66. The molecule has 38 heavy (non-hydrogen) atoms. The molecule has 0 saturated carbocycles. The van der Waals surface area contributed by atoms with E-state index in [0.29, 0.717) is 24.4 Å². The summed E-state index contributed by atoms with van der Waals surface area (Å²) < 4.78 is 28.9. The normalized spacial score (nSPS) is 19.8. The van der Waals surface area contributed by atoms with Gasteiger partial charge in [0.15, 0.2) is 5.78 Å². The fraction of sp³-hybridized carbons (Fsp3) is 0.548. The van der Waals surface area contributed by atoms with Crippen LogP contribution in [-0.2, 0) is 27.3 Å². The van der Waals surface area contributed by atoms with Crippen molar-refractivity contribution >= 4 is 21.6 Å². The first-order valence-corrected chi connectivity index (χ1v) is 15.4. The molecule has 0 radical (unpaired) electrons. The largest absolute Gasteiger partial charge is 0.507 e. The van der Waals surface area contributed by atoms with Crippen molar-refractivity contribution in [3.63, 3.8) is 0 Å². The second-order valence-electron chi connectivity index (χ2n) is 12.8. The van der Waals surface area contributed by atoms with Gasteiger partial charge in [-0.1, -0.05) is 85.2 Å². The van der Waals surface area contributed by atoms with Crippen LogP contribution in [0.2, 0.25) is 0 Å². The number of phenolic OH excluding ortho intramolecular Hbond substituents is 1. The molecule has 208 valence electrons. The number of likely N-dealkylation sites (tertiary alicyclic amines) is 1. The molecule has 0 spiro atoms. The van der Waals surface area contributed by atoms with Gasteiger partial charge >= 0.3 is 0 Å². The fourth-order valence-electron chi connectivity index (χ4n) is 5.38. The van der Waals surface area contributed by atoms with Gasteiger partial charge in [-0.15, -0.1) is 0 Å². The van der Waals surface area contributed by atoms with E-state index in [4.69, 9.17) is 0 Å². The highest BCUT2D eigenvalue weighted by Crippen LogP contribution is 2.40. The number of carbonyl (C=O) groups excluding carboxylic acids is 1. The Bertz CT molecular complexity index is 1250. The second-order valence-corrected chi connectivity index (χ2v) is 14.4. The lowest BCUT2D eigenvalue weighted by Gasteiger charge is -2.28. The number of hydrogen-bond donors (Lipinski definition) is 1. The van der Waals surface area contributed by atoms with E-state index < -0.39 is 10.0 Å². The molecule has 1 saturated heterocycles. The van der Waals surface area contributed by atoms with Gasteiger partial charge in [0.05, 0.1) is 12.8 Å². The third kappa shape index (κ3) is 7.25. The quantitative estimate of drug-likeness (QED) is 0.408. The molecule has 0 aliphatic carbocycles. The minimum absolute atomic E-state index is 0.0395. The Hall–Kier alpha value is -2.67. The maximum Gasteiger partial charge on any atom is 0.251 e. The van der Waals surface area contributed by atoms with Crippen LogP contribution in [0.25, 0.3) is 0 Å². The molecule has 0 unspecified atom stereocenters. The van der Waals surface area contributed by atoms with Gasteiger partial charge in [-0.25, -0.2) is 8.42 Å². The number of phenols is 1. The molecule has 2 atom stereocenters. The summed E-state index contributed by atoms with van der Waals surface area (Å²) in [5.41, 5.74) is 2.38. The van der Waals surface area contributed by atoms with Crippen LogP contribution in [-0.4, -0.2) is 49.4 Å². The second kappa shape index (κ2) is 11.2. The van der Waals surface area contributed by atoms with Crippen molar-refractivity contribution in [2.75, 3.05) is 19.3 Å². The van der Waals surface area contributed by atoms with E-state index in [9.17, 15) is 18.3 Å². The van der Waals surface area contributed by atoms with Gasteiger partial charge in [0.1, 0.15) is 11.6 Å². The Morgan fingerprint density at radius 1 is 1.03 bits per heavy atom. The molecule has 1 aliphatic rings. The number of rotatable bonds is 8. The number of sulfonamides is 1.